The smallest absolute Gasteiger partial charge is 0.0507 e. The molecule has 1 fully saturated rings. The molecule has 1 saturated heterocycles. The first kappa shape index (κ1) is 13.6. The molecule has 0 aromatic carbocycles. The minimum atomic E-state index is 0.589. The predicted octanol–water partition coefficient (Wildman–Crippen LogP) is 2.29. The fraction of sp³-hybridized carbons (Fsp3) is 0.733. The van der Waals surface area contributed by atoms with E-state index in [4.69, 9.17) is 4.74 Å². The second-order valence-electron chi connectivity index (χ2n) is 5.69. The van der Waals surface area contributed by atoms with E-state index in [2.05, 4.69) is 28.6 Å². The number of rotatable bonds is 5. The van der Waals surface area contributed by atoms with Gasteiger partial charge >= 0.3 is 0 Å². The van der Waals surface area contributed by atoms with E-state index in [1.54, 1.807) is 10.4 Å². The van der Waals surface area contributed by atoms with Crippen molar-refractivity contribution in [1.29, 1.82) is 0 Å². The predicted molar refractivity (Wildman–Crippen MR) is 79.8 cm³/mol. The van der Waals surface area contributed by atoms with E-state index in [1.807, 2.05) is 11.3 Å². The maximum absolute atomic E-state index is 5.40. The van der Waals surface area contributed by atoms with Gasteiger partial charge in [0.05, 0.1) is 6.61 Å². The number of ether oxygens (including phenoxy) is 1. The number of nitrogens with one attached hydrogen (secondary N) is 1. The first-order chi connectivity index (χ1) is 9.34. The van der Waals surface area contributed by atoms with Crippen LogP contribution in [0.3, 0.4) is 0 Å². The zero-order valence-electron chi connectivity index (χ0n) is 11.7. The molecule has 2 aliphatic rings. The molecule has 19 heavy (non-hydrogen) atoms. The molecular weight excluding hydrogens is 256 g/mol. The minimum absolute atomic E-state index is 0.589. The van der Waals surface area contributed by atoms with Gasteiger partial charge in [-0.1, -0.05) is 0 Å². The molecule has 0 spiro atoms. The van der Waals surface area contributed by atoms with Gasteiger partial charge in [-0.3, -0.25) is 4.90 Å². The molecule has 0 aliphatic carbocycles. The monoisotopic (exact) mass is 280 g/mol. The summed E-state index contributed by atoms with van der Waals surface area (Å²) in [4.78, 5) is 4.20. The Morgan fingerprint density at radius 1 is 1.53 bits per heavy atom. The Hall–Kier alpha value is -0.420. The van der Waals surface area contributed by atoms with Gasteiger partial charge in [-0.25, -0.2) is 0 Å². The van der Waals surface area contributed by atoms with E-state index >= 15 is 0 Å². The Balaban J connectivity index is 1.41. The molecule has 2 atom stereocenters. The van der Waals surface area contributed by atoms with Crippen molar-refractivity contribution in [2.75, 3.05) is 39.4 Å². The molecular formula is C15H24N2OS. The van der Waals surface area contributed by atoms with E-state index in [0.717, 1.165) is 38.8 Å². The van der Waals surface area contributed by atoms with Gasteiger partial charge in [0, 0.05) is 43.7 Å². The highest BCUT2D eigenvalue weighted by Gasteiger charge is 2.24. The van der Waals surface area contributed by atoms with Crippen molar-refractivity contribution >= 4 is 11.3 Å². The molecule has 0 radical (unpaired) electrons. The van der Waals surface area contributed by atoms with Gasteiger partial charge in [0.1, 0.15) is 0 Å². The average molecular weight is 280 g/mol. The number of thiophene rings is 1. The number of hydrogen-bond acceptors (Lipinski definition) is 4. The molecule has 2 aliphatic heterocycles. The van der Waals surface area contributed by atoms with Crippen LogP contribution in [0.25, 0.3) is 0 Å². The number of hydrogen-bond donors (Lipinski definition) is 1. The first-order valence-electron chi connectivity index (χ1n) is 7.43. The van der Waals surface area contributed by atoms with Crippen LogP contribution in [0.5, 0.6) is 0 Å². The van der Waals surface area contributed by atoms with Gasteiger partial charge in [-0.05, 0) is 42.7 Å². The molecule has 1 N–H and O–H groups in total. The molecule has 106 valence electrons. The zero-order chi connectivity index (χ0) is 13.1. The van der Waals surface area contributed by atoms with Crippen molar-refractivity contribution < 1.29 is 4.74 Å². The molecule has 2 unspecified atom stereocenters. The van der Waals surface area contributed by atoms with Crippen LogP contribution in [0.4, 0.5) is 0 Å². The second-order valence-corrected chi connectivity index (χ2v) is 6.70. The van der Waals surface area contributed by atoms with Crippen molar-refractivity contribution in [3.8, 4) is 0 Å². The maximum atomic E-state index is 5.40. The van der Waals surface area contributed by atoms with Crippen molar-refractivity contribution in [1.82, 2.24) is 10.2 Å². The fourth-order valence-electron chi connectivity index (χ4n) is 3.14. The largest absolute Gasteiger partial charge is 0.381 e. The summed E-state index contributed by atoms with van der Waals surface area (Å²) >= 11 is 1.92. The van der Waals surface area contributed by atoms with Gasteiger partial charge in [0.25, 0.3) is 0 Å². The summed E-state index contributed by atoms with van der Waals surface area (Å²) in [6.07, 6.45) is 2.46. The van der Waals surface area contributed by atoms with Crippen LogP contribution in [0, 0.1) is 5.92 Å². The van der Waals surface area contributed by atoms with Gasteiger partial charge in [-0.2, -0.15) is 0 Å². The summed E-state index contributed by atoms with van der Waals surface area (Å²) in [6, 6.07) is 2.90. The molecule has 3 heterocycles. The summed E-state index contributed by atoms with van der Waals surface area (Å²) < 4.78 is 5.40. The van der Waals surface area contributed by atoms with Crippen molar-refractivity contribution in [3.63, 3.8) is 0 Å². The SMILES string of the molecule is CC1c2ccsc2CCN1CCNCC1CCOC1. The maximum Gasteiger partial charge on any atom is 0.0507 e. The molecule has 0 amide bonds. The van der Waals surface area contributed by atoms with Crippen molar-refractivity contribution in [3.05, 3.63) is 21.9 Å². The third-order valence-corrected chi connectivity index (χ3v) is 5.43. The molecule has 3 nitrogen and oxygen atoms in total. The lowest BCUT2D eigenvalue weighted by Crippen LogP contribution is -2.39. The van der Waals surface area contributed by atoms with Gasteiger partial charge in [0.2, 0.25) is 0 Å². The quantitative estimate of drug-likeness (QED) is 0.838. The van der Waals surface area contributed by atoms with Gasteiger partial charge < -0.3 is 10.1 Å². The van der Waals surface area contributed by atoms with Gasteiger partial charge in [0.15, 0.2) is 0 Å². The van der Waals surface area contributed by atoms with Crippen molar-refractivity contribution in [2.45, 2.75) is 25.8 Å². The van der Waals surface area contributed by atoms with E-state index in [-0.39, 0.29) is 0 Å². The Morgan fingerprint density at radius 2 is 2.47 bits per heavy atom. The third kappa shape index (κ3) is 3.19. The van der Waals surface area contributed by atoms with Crippen LogP contribution < -0.4 is 5.32 Å². The van der Waals surface area contributed by atoms with Gasteiger partial charge in [-0.15, -0.1) is 11.3 Å². The highest BCUT2D eigenvalue weighted by Crippen LogP contribution is 2.32. The number of fused-ring (bicyclic) bond motifs is 1. The Bertz CT molecular complexity index is 401. The lowest BCUT2D eigenvalue weighted by molar-refractivity contribution is 0.182. The highest BCUT2D eigenvalue weighted by molar-refractivity contribution is 7.10. The summed E-state index contributed by atoms with van der Waals surface area (Å²) in [5, 5.41) is 5.83. The van der Waals surface area contributed by atoms with E-state index in [0.29, 0.717) is 6.04 Å². The lowest BCUT2D eigenvalue weighted by Gasteiger charge is -2.33. The van der Waals surface area contributed by atoms with Crippen LogP contribution in [0.2, 0.25) is 0 Å². The van der Waals surface area contributed by atoms with Crippen LogP contribution >= 0.6 is 11.3 Å². The Labute approximate surface area is 119 Å². The molecule has 4 heteroatoms. The topological polar surface area (TPSA) is 24.5 Å². The molecule has 3 rings (SSSR count). The minimum Gasteiger partial charge on any atom is -0.381 e. The van der Waals surface area contributed by atoms with E-state index < -0.39 is 0 Å². The fourth-order valence-corrected chi connectivity index (χ4v) is 4.10. The standard InChI is InChI=1S/C15H24N2OS/c1-12-14-4-9-19-15(14)2-6-17(12)7-5-16-10-13-3-8-18-11-13/h4,9,12-13,16H,2-3,5-8,10-11H2,1H3. The summed E-state index contributed by atoms with van der Waals surface area (Å²) in [5.74, 6) is 0.738. The Kier molecular flexibility index (Phi) is 4.53. The lowest BCUT2D eigenvalue weighted by atomic mass is 10.0. The summed E-state index contributed by atoms with van der Waals surface area (Å²) in [7, 11) is 0. The highest BCUT2D eigenvalue weighted by atomic mass is 32.1. The van der Waals surface area contributed by atoms with Crippen LogP contribution in [0.1, 0.15) is 29.8 Å². The number of nitrogens with zero attached hydrogens (tertiary/aromatic N) is 1. The molecule has 0 saturated carbocycles. The average Bonchev–Trinajstić information content (AvgIpc) is 3.08. The van der Waals surface area contributed by atoms with Crippen LogP contribution in [-0.4, -0.2) is 44.3 Å². The first-order valence-corrected chi connectivity index (χ1v) is 8.31. The molecule has 0 bridgehead atoms. The van der Waals surface area contributed by atoms with E-state index in [1.165, 1.54) is 19.4 Å². The third-order valence-electron chi connectivity index (χ3n) is 4.44. The summed E-state index contributed by atoms with van der Waals surface area (Å²) in [5.41, 5.74) is 1.56. The summed E-state index contributed by atoms with van der Waals surface area (Å²) in [6.45, 7) is 8.83. The van der Waals surface area contributed by atoms with Crippen LogP contribution in [0.15, 0.2) is 11.4 Å². The zero-order valence-corrected chi connectivity index (χ0v) is 12.5. The second kappa shape index (κ2) is 6.35. The molecule has 1 aromatic rings. The Morgan fingerprint density at radius 3 is 3.32 bits per heavy atom. The van der Waals surface area contributed by atoms with E-state index in [9.17, 15) is 0 Å². The molecule has 1 aromatic heterocycles. The normalized spacial score (nSPS) is 27.6. The van der Waals surface area contributed by atoms with Crippen LogP contribution in [-0.2, 0) is 11.2 Å². The van der Waals surface area contributed by atoms with Crippen molar-refractivity contribution in [2.24, 2.45) is 5.92 Å².